The molecule has 0 fully saturated rings. The Balaban J connectivity index is 2.01. The fourth-order valence-corrected chi connectivity index (χ4v) is 1.14. The van der Waals surface area contributed by atoms with Crippen LogP contribution in [-0.4, -0.2) is 10.9 Å². The fraction of sp³-hybridized carbons (Fsp3) is 0. The first-order valence-electron chi connectivity index (χ1n) is 4.49. The highest BCUT2D eigenvalue weighted by Gasteiger charge is 2.06. The molecule has 15 heavy (non-hydrogen) atoms. The molecule has 4 nitrogen and oxygen atoms in total. The Labute approximate surface area is 87.4 Å². The van der Waals surface area contributed by atoms with Gasteiger partial charge in [-0.25, -0.2) is 0 Å². The molecule has 4 heteroatoms. The average Bonchev–Trinajstić information content (AvgIpc) is 2.31. The Morgan fingerprint density at radius 2 is 1.80 bits per heavy atom. The third-order valence-electron chi connectivity index (χ3n) is 1.87. The summed E-state index contributed by atoms with van der Waals surface area (Å²) >= 11 is 0. The standard InChI is InChI=1S/C11H10N2O2/c14-11(10-4-2-1-3-5-10)12-13-6-8-15-9-7-13/h1-9H,(H,12,14). The summed E-state index contributed by atoms with van der Waals surface area (Å²) < 4.78 is 4.83. The lowest BCUT2D eigenvalue weighted by Gasteiger charge is -2.18. The molecule has 0 radical (unpaired) electrons. The van der Waals surface area contributed by atoms with E-state index in [0.717, 1.165) is 0 Å². The lowest BCUT2D eigenvalue weighted by Crippen LogP contribution is -2.35. The molecule has 1 aromatic carbocycles. The van der Waals surface area contributed by atoms with Gasteiger partial charge < -0.3 is 4.74 Å². The van der Waals surface area contributed by atoms with Crippen molar-refractivity contribution in [1.82, 2.24) is 10.4 Å². The normalized spacial score (nSPS) is 13.5. The van der Waals surface area contributed by atoms with Crippen LogP contribution in [-0.2, 0) is 4.74 Å². The van der Waals surface area contributed by atoms with Gasteiger partial charge in [-0.1, -0.05) is 18.2 Å². The van der Waals surface area contributed by atoms with Gasteiger partial charge in [-0.2, -0.15) is 0 Å². The van der Waals surface area contributed by atoms with Crippen molar-refractivity contribution < 1.29 is 9.53 Å². The first-order valence-corrected chi connectivity index (χ1v) is 4.49. The maximum absolute atomic E-state index is 11.7. The molecule has 1 aliphatic heterocycles. The Kier molecular flexibility index (Phi) is 2.69. The summed E-state index contributed by atoms with van der Waals surface area (Å²) in [6.07, 6.45) is 6.18. The van der Waals surface area contributed by atoms with Gasteiger partial charge in [0.2, 0.25) is 0 Å². The zero-order valence-corrected chi connectivity index (χ0v) is 7.96. The van der Waals surface area contributed by atoms with E-state index in [1.165, 1.54) is 17.5 Å². The number of rotatable bonds is 2. The van der Waals surface area contributed by atoms with E-state index in [0.29, 0.717) is 5.56 Å². The number of ether oxygens (including phenoxy) is 1. The number of nitrogens with zero attached hydrogens (tertiary/aromatic N) is 1. The van der Waals surface area contributed by atoms with E-state index in [9.17, 15) is 4.79 Å². The monoisotopic (exact) mass is 202 g/mol. The fourth-order valence-electron chi connectivity index (χ4n) is 1.14. The van der Waals surface area contributed by atoms with Crippen molar-refractivity contribution in [3.8, 4) is 0 Å². The van der Waals surface area contributed by atoms with Gasteiger partial charge in [0, 0.05) is 5.56 Å². The van der Waals surface area contributed by atoms with E-state index in [2.05, 4.69) is 5.43 Å². The topological polar surface area (TPSA) is 41.6 Å². The van der Waals surface area contributed by atoms with E-state index >= 15 is 0 Å². The van der Waals surface area contributed by atoms with Crippen LogP contribution in [0.4, 0.5) is 0 Å². The van der Waals surface area contributed by atoms with Crippen molar-refractivity contribution in [2.45, 2.75) is 0 Å². The number of hydrazine groups is 1. The number of hydrogen-bond acceptors (Lipinski definition) is 3. The van der Waals surface area contributed by atoms with Crippen LogP contribution in [0.1, 0.15) is 10.4 Å². The summed E-state index contributed by atoms with van der Waals surface area (Å²) in [6, 6.07) is 9.01. The molecule has 0 spiro atoms. The van der Waals surface area contributed by atoms with Gasteiger partial charge in [-0.05, 0) is 12.1 Å². The van der Waals surface area contributed by atoms with Crippen LogP contribution in [0.3, 0.4) is 0 Å². The summed E-state index contributed by atoms with van der Waals surface area (Å²) in [4.78, 5) is 11.7. The molecule has 0 saturated heterocycles. The molecule has 0 aliphatic carbocycles. The number of hydrogen-bond donors (Lipinski definition) is 1. The van der Waals surface area contributed by atoms with Crippen LogP contribution in [0, 0.1) is 0 Å². The second kappa shape index (κ2) is 4.32. The van der Waals surface area contributed by atoms with Crippen LogP contribution < -0.4 is 5.43 Å². The third kappa shape index (κ3) is 2.37. The zero-order chi connectivity index (χ0) is 10.5. The van der Waals surface area contributed by atoms with Gasteiger partial charge in [0.25, 0.3) is 5.91 Å². The summed E-state index contributed by atoms with van der Waals surface area (Å²) in [5, 5.41) is 1.53. The van der Waals surface area contributed by atoms with Gasteiger partial charge in [-0.3, -0.25) is 15.2 Å². The maximum atomic E-state index is 11.7. The highest BCUT2D eigenvalue weighted by molar-refractivity contribution is 5.93. The first-order chi connectivity index (χ1) is 7.36. The maximum Gasteiger partial charge on any atom is 0.270 e. The van der Waals surface area contributed by atoms with Gasteiger partial charge in [0.15, 0.2) is 0 Å². The lowest BCUT2D eigenvalue weighted by atomic mass is 10.2. The summed E-state index contributed by atoms with van der Waals surface area (Å²) in [5.41, 5.74) is 3.29. The SMILES string of the molecule is O=C(NN1C=COC=C1)c1ccccc1. The Hall–Kier alpha value is -2.23. The van der Waals surface area contributed by atoms with Crippen LogP contribution in [0.2, 0.25) is 0 Å². The van der Waals surface area contributed by atoms with Crippen LogP contribution in [0.5, 0.6) is 0 Å². The molecule has 1 N–H and O–H groups in total. The van der Waals surface area contributed by atoms with E-state index in [1.807, 2.05) is 18.2 Å². The molecule has 0 atom stereocenters. The van der Waals surface area contributed by atoms with Crippen molar-refractivity contribution in [2.24, 2.45) is 0 Å². The number of nitrogens with one attached hydrogen (secondary N) is 1. The predicted octanol–water partition coefficient (Wildman–Crippen LogP) is 1.61. The smallest absolute Gasteiger partial charge is 0.270 e. The van der Waals surface area contributed by atoms with E-state index < -0.39 is 0 Å². The Bertz CT molecular complexity index is 386. The van der Waals surface area contributed by atoms with E-state index in [1.54, 1.807) is 24.5 Å². The molecule has 1 aliphatic rings. The second-order valence-electron chi connectivity index (χ2n) is 2.92. The first kappa shape index (κ1) is 9.33. The van der Waals surface area contributed by atoms with E-state index in [-0.39, 0.29) is 5.91 Å². The lowest BCUT2D eigenvalue weighted by molar-refractivity contribution is 0.0879. The summed E-state index contributed by atoms with van der Waals surface area (Å²) in [5.74, 6) is -0.160. The van der Waals surface area contributed by atoms with E-state index in [4.69, 9.17) is 4.74 Å². The van der Waals surface area contributed by atoms with Gasteiger partial charge in [0.05, 0.1) is 12.4 Å². The molecule has 1 heterocycles. The van der Waals surface area contributed by atoms with Crippen molar-refractivity contribution in [3.05, 3.63) is 60.8 Å². The van der Waals surface area contributed by atoms with Crippen molar-refractivity contribution >= 4 is 5.91 Å². The van der Waals surface area contributed by atoms with Crippen molar-refractivity contribution in [2.75, 3.05) is 0 Å². The van der Waals surface area contributed by atoms with Crippen LogP contribution in [0.25, 0.3) is 0 Å². The molecule has 76 valence electrons. The molecule has 0 saturated carbocycles. The number of carbonyl (C=O) groups is 1. The number of benzene rings is 1. The van der Waals surface area contributed by atoms with Crippen molar-refractivity contribution in [1.29, 1.82) is 0 Å². The minimum Gasteiger partial charge on any atom is -0.469 e. The highest BCUT2D eigenvalue weighted by atomic mass is 16.5. The predicted molar refractivity (Wildman–Crippen MR) is 55.1 cm³/mol. The average molecular weight is 202 g/mol. The number of carbonyl (C=O) groups excluding carboxylic acids is 1. The van der Waals surface area contributed by atoms with Crippen LogP contribution in [0.15, 0.2) is 55.3 Å². The second-order valence-corrected chi connectivity index (χ2v) is 2.92. The Morgan fingerprint density at radius 3 is 2.47 bits per heavy atom. The molecular weight excluding hydrogens is 192 g/mol. The molecule has 1 aromatic rings. The molecule has 0 aromatic heterocycles. The third-order valence-corrected chi connectivity index (χ3v) is 1.87. The van der Waals surface area contributed by atoms with Gasteiger partial charge in [-0.15, -0.1) is 0 Å². The van der Waals surface area contributed by atoms with Gasteiger partial charge >= 0.3 is 0 Å². The molecule has 2 rings (SSSR count). The number of amides is 1. The van der Waals surface area contributed by atoms with Gasteiger partial charge in [0.1, 0.15) is 12.5 Å². The quantitative estimate of drug-likeness (QED) is 0.792. The molecule has 0 unspecified atom stereocenters. The highest BCUT2D eigenvalue weighted by Crippen LogP contribution is 2.01. The minimum absolute atomic E-state index is 0.160. The summed E-state index contributed by atoms with van der Waals surface area (Å²) in [6.45, 7) is 0. The zero-order valence-electron chi connectivity index (χ0n) is 7.96. The molecule has 0 bridgehead atoms. The summed E-state index contributed by atoms with van der Waals surface area (Å²) in [7, 11) is 0. The molecular formula is C11H10N2O2. The van der Waals surface area contributed by atoms with Crippen molar-refractivity contribution in [3.63, 3.8) is 0 Å². The Morgan fingerprint density at radius 1 is 1.13 bits per heavy atom. The largest absolute Gasteiger partial charge is 0.469 e. The minimum atomic E-state index is -0.160. The van der Waals surface area contributed by atoms with Crippen LogP contribution >= 0.6 is 0 Å². The molecule has 1 amide bonds.